The van der Waals surface area contributed by atoms with Crippen molar-refractivity contribution in [1.29, 1.82) is 0 Å². The molecule has 0 aromatic carbocycles. The van der Waals surface area contributed by atoms with Gasteiger partial charge in [-0.3, -0.25) is 4.99 Å². The Morgan fingerprint density at radius 2 is 2.00 bits per heavy atom. The largest absolute Gasteiger partial charge is 0.370 e. The van der Waals surface area contributed by atoms with Crippen LogP contribution in [0.5, 0.6) is 0 Å². The predicted molar refractivity (Wildman–Crippen MR) is 98.7 cm³/mol. The molecule has 114 valence electrons. The van der Waals surface area contributed by atoms with E-state index in [2.05, 4.69) is 30.7 Å². The van der Waals surface area contributed by atoms with Crippen molar-refractivity contribution in [2.24, 2.45) is 22.6 Å². The van der Waals surface area contributed by atoms with Crippen LogP contribution in [0.4, 0.5) is 0 Å². The molecule has 3 nitrogen and oxygen atoms in total. The summed E-state index contributed by atoms with van der Waals surface area (Å²) in [5, 5.41) is 0. The SMILES string of the molecule is CC(C)CSCCCN=C(N)N1CCC(C)CC1.I. The minimum atomic E-state index is 0. The molecule has 1 heterocycles. The molecule has 5 heteroatoms. The van der Waals surface area contributed by atoms with Crippen molar-refractivity contribution in [1.82, 2.24) is 4.90 Å². The lowest BCUT2D eigenvalue weighted by atomic mass is 10.00. The van der Waals surface area contributed by atoms with Gasteiger partial charge in [0.2, 0.25) is 0 Å². The quantitative estimate of drug-likeness (QED) is 0.322. The molecule has 0 saturated carbocycles. The van der Waals surface area contributed by atoms with Crippen LogP contribution in [0.2, 0.25) is 0 Å². The maximum atomic E-state index is 6.03. The van der Waals surface area contributed by atoms with Crippen LogP contribution in [0.3, 0.4) is 0 Å². The number of nitrogens with zero attached hydrogens (tertiary/aromatic N) is 2. The number of hydrogen-bond acceptors (Lipinski definition) is 2. The molecule has 19 heavy (non-hydrogen) atoms. The molecule has 2 N–H and O–H groups in total. The highest BCUT2D eigenvalue weighted by Gasteiger charge is 2.16. The average molecular weight is 399 g/mol. The molecule has 0 aromatic heterocycles. The average Bonchev–Trinajstić information content (AvgIpc) is 2.34. The van der Waals surface area contributed by atoms with Crippen LogP contribution in [0.1, 0.15) is 40.0 Å². The van der Waals surface area contributed by atoms with Crippen LogP contribution in [-0.4, -0.2) is 42.0 Å². The maximum absolute atomic E-state index is 6.03. The van der Waals surface area contributed by atoms with E-state index in [0.29, 0.717) is 0 Å². The Kier molecular flexibility index (Phi) is 11.3. The summed E-state index contributed by atoms with van der Waals surface area (Å²) in [7, 11) is 0. The number of halogens is 1. The third kappa shape index (κ3) is 9.00. The zero-order valence-corrected chi connectivity index (χ0v) is 15.7. The molecule has 0 bridgehead atoms. The lowest BCUT2D eigenvalue weighted by Crippen LogP contribution is -2.42. The van der Waals surface area contributed by atoms with E-state index in [0.717, 1.165) is 43.9 Å². The number of guanidine groups is 1. The van der Waals surface area contributed by atoms with E-state index in [1.165, 1.54) is 24.3 Å². The van der Waals surface area contributed by atoms with Gasteiger partial charge in [-0.2, -0.15) is 11.8 Å². The third-order valence-corrected chi connectivity index (χ3v) is 4.76. The zero-order chi connectivity index (χ0) is 13.4. The van der Waals surface area contributed by atoms with Gasteiger partial charge in [0.05, 0.1) is 0 Å². The summed E-state index contributed by atoms with van der Waals surface area (Å²) < 4.78 is 0. The topological polar surface area (TPSA) is 41.6 Å². The van der Waals surface area contributed by atoms with E-state index in [1.54, 1.807) is 0 Å². The second-order valence-corrected chi connectivity index (χ2v) is 6.88. The van der Waals surface area contributed by atoms with Crippen molar-refractivity contribution >= 4 is 41.7 Å². The van der Waals surface area contributed by atoms with Crippen molar-refractivity contribution < 1.29 is 0 Å². The number of likely N-dealkylation sites (tertiary alicyclic amines) is 1. The lowest BCUT2D eigenvalue weighted by Gasteiger charge is -2.31. The number of nitrogens with two attached hydrogens (primary N) is 1. The Bertz CT molecular complexity index is 251. The molecule has 1 fully saturated rings. The molecule has 1 aliphatic rings. The molecule has 0 aliphatic carbocycles. The van der Waals surface area contributed by atoms with Gasteiger partial charge in [0.25, 0.3) is 0 Å². The van der Waals surface area contributed by atoms with E-state index in [4.69, 9.17) is 5.73 Å². The summed E-state index contributed by atoms with van der Waals surface area (Å²) in [6.07, 6.45) is 3.64. The zero-order valence-electron chi connectivity index (χ0n) is 12.6. The smallest absolute Gasteiger partial charge is 0.191 e. The van der Waals surface area contributed by atoms with Crippen LogP contribution in [-0.2, 0) is 0 Å². The summed E-state index contributed by atoms with van der Waals surface area (Å²) in [6, 6.07) is 0. The van der Waals surface area contributed by atoms with Crippen LogP contribution < -0.4 is 5.73 Å². The molecule has 0 amide bonds. The van der Waals surface area contributed by atoms with Gasteiger partial charge >= 0.3 is 0 Å². The first-order valence-corrected chi connectivity index (χ1v) is 8.37. The molecule has 1 rings (SSSR count). The number of aliphatic imine (C=N–C) groups is 1. The minimum absolute atomic E-state index is 0. The van der Waals surface area contributed by atoms with E-state index in [1.807, 2.05) is 11.8 Å². The second kappa shape index (κ2) is 11.1. The van der Waals surface area contributed by atoms with Crippen molar-refractivity contribution in [3.8, 4) is 0 Å². The lowest BCUT2D eigenvalue weighted by molar-refractivity contribution is 0.277. The Labute approximate surface area is 140 Å². The van der Waals surface area contributed by atoms with Gasteiger partial charge in [0, 0.05) is 19.6 Å². The Morgan fingerprint density at radius 3 is 2.58 bits per heavy atom. The van der Waals surface area contributed by atoms with E-state index in [-0.39, 0.29) is 24.0 Å². The standard InChI is InChI=1S/C14H29N3S.HI/c1-12(2)11-18-10-4-7-16-14(15)17-8-5-13(3)6-9-17;/h12-13H,4-11H2,1-3H3,(H2,15,16);1H. The van der Waals surface area contributed by atoms with E-state index in [9.17, 15) is 0 Å². The first-order chi connectivity index (χ1) is 8.59. The highest BCUT2D eigenvalue weighted by molar-refractivity contribution is 14.0. The predicted octanol–water partition coefficient (Wildman–Crippen LogP) is 3.43. The van der Waals surface area contributed by atoms with Crippen LogP contribution in [0.15, 0.2) is 4.99 Å². The fourth-order valence-corrected chi connectivity index (χ4v) is 2.99. The first kappa shape index (κ1) is 19.4. The molecular weight excluding hydrogens is 369 g/mol. The third-order valence-electron chi connectivity index (χ3n) is 3.28. The second-order valence-electron chi connectivity index (χ2n) is 5.73. The molecule has 1 aliphatic heterocycles. The number of piperidine rings is 1. The van der Waals surface area contributed by atoms with Crippen molar-refractivity contribution in [2.45, 2.75) is 40.0 Å². The summed E-state index contributed by atoms with van der Waals surface area (Å²) in [5.41, 5.74) is 6.03. The van der Waals surface area contributed by atoms with Gasteiger partial charge in [-0.25, -0.2) is 0 Å². The normalized spacial score (nSPS) is 17.7. The van der Waals surface area contributed by atoms with E-state index >= 15 is 0 Å². The Morgan fingerprint density at radius 1 is 1.37 bits per heavy atom. The van der Waals surface area contributed by atoms with Crippen LogP contribution in [0, 0.1) is 11.8 Å². The van der Waals surface area contributed by atoms with Crippen molar-refractivity contribution in [3.63, 3.8) is 0 Å². The molecule has 0 atom stereocenters. The molecule has 1 saturated heterocycles. The fraction of sp³-hybridized carbons (Fsp3) is 0.929. The van der Waals surface area contributed by atoms with Crippen molar-refractivity contribution in [3.05, 3.63) is 0 Å². The molecule has 0 unspecified atom stereocenters. The maximum Gasteiger partial charge on any atom is 0.191 e. The van der Waals surface area contributed by atoms with Crippen LogP contribution >= 0.6 is 35.7 Å². The summed E-state index contributed by atoms with van der Waals surface area (Å²) in [5.74, 6) is 4.85. The molecule has 0 spiro atoms. The van der Waals surface area contributed by atoms with Gasteiger partial charge in [-0.05, 0) is 42.6 Å². The number of rotatable bonds is 6. The molecule has 0 radical (unpaired) electrons. The summed E-state index contributed by atoms with van der Waals surface area (Å²) >= 11 is 2.03. The molecule has 0 aromatic rings. The highest BCUT2D eigenvalue weighted by atomic mass is 127. The summed E-state index contributed by atoms with van der Waals surface area (Å²) in [4.78, 5) is 6.73. The molecular formula is C14H30IN3S. The van der Waals surface area contributed by atoms with Gasteiger partial charge < -0.3 is 10.6 Å². The van der Waals surface area contributed by atoms with Gasteiger partial charge in [-0.1, -0.05) is 20.8 Å². The summed E-state index contributed by atoms with van der Waals surface area (Å²) in [6.45, 7) is 9.89. The number of thioether (sulfide) groups is 1. The van der Waals surface area contributed by atoms with Gasteiger partial charge in [0.1, 0.15) is 0 Å². The fourth-order valence-electron chi connectivity index (χ4n) is 2.02. The van der Waals surface area contributed by atoms with Crippen molar-refractivity contribution in [2.75, 3.05) is 31.1 Å². The van der Waals surface area contributed by atoms with Crippen LogP contribution in [0.25, 0.3) is 0 Å². The van der Waals surface area contributed by atoms with E-state index < -0.39 is 0 Å². The number of hydrogen-bond donors (Lipinski definition) is 1. The van der Waals surface area contributed by atoms with Gasteiger partial charge in [0.15, 0.2) is 5.96 Å². The van der Waals surface area contributed by atoms with Gasteiger partial charge in [-0.15, -0.1) is 24.0 Å². The Balaban J connectivity index is 0.00000324. The first-order valence-electron chi connectivity index (χ1n) is 7.22. The Hall–Kier alpha value is 0.350. The monoisotopic (exact) mass is 399 g/mol. The highest BCUT2D eigenvalue weighted by Crippen LogP contribution is 2.15. The minimum Gasteiger partial charge on any atom is -0.370 e.